The number of likely N-dealkylation sites (tertiary alicyclic amines) is 1. The standard InChI is InChI=1S/C21H25FN2O/c1-25-23-21(18-9-11-20(22)12-10-18)13-15-24-14-5-8-19(16-24)17-6-3-2-4-7-17/h2-4,6-7,9-12,19H,5,8,13-16H2,1H3. The van der Waals surface area contributed by atoms with Crippen LogP contribution < -0.4 is 0 Å². The summed E-state index contributed by atoms with van der Waals surface area (Å²) in [4.78, 5) is 7.49. The van der Waals surface area contributed by atoms with Crippen LogP contribution in [0.25, 0.3) is 0 Å². The van der Waals surface area contributed by atoms with Gasteiger partial charge < -0.3 is 9.74 Å². The zero-order chi connectivity index (χ0) is 17.5. The second kappa shape index (κ2) is 8.77. The third-order valence-corrected chi connectivity index (χ3v) is 4.82. The third kappa shape index (κ3) is 4.89. The van der Waals surface area contributed by atoms with Crippen LogP contribution in [0.4, 0.5) is 4.39 Å². The Morgan fingerprint density at radius 3 is 2.64 bits per heavy atom. The summed E-state index contributed by atoms with van der Waals surface area (Å²) in [6, 6.07) is 17.2. The molecule has 0 aromatic heterocycles. The van der Waals surface area contributed by atoms with E-state index in [0.717, 1.165) is 37.3 Å². The van der Waals surface area contributed by atoms with Gasteiger partial charge in [-0.15, -0.1) is 0 Å². The minimum atomic E-state index is -0.234. The predicted molar refractivity (Wildman–Crippen MR) is 99.4 cm³/mol. The Kier molecular flexibility index (Phi) is 6.18. The number of nitrogens with zero attached hydrogens (tertiary/aromatic N) is 2. The van der Waals surface area contributed by atoms with Crippen LogP contribution in [0.15, 0.2) is 59.8 Å². The van der Waals surface area contributed by atoms with Crippen LogP contribution in [0.1, 0.15) is 36.3 Å². The SMILES string of the molecule is CON=C(CCN1CCCC(c2ccccc2)C1)c1ccc(F)cc1. The van der Waals surface area contributed by atoms with E-state index in [1.165, 1.54) is 30.5 Å². The number of halogens is 1. The summed E-state index contributed by atoms with van der Waals surface area (Å²) in [6.45, 7) is 3.13. The van der Waals surface area contributed by atoms with E-state index >= 15 is 0 Å². The van der Waals surface area contributed by atoms with E-state index in [1.54, 1.807) is 19.2 Å². The lowest BCUT2D eigenvalue weighted by Crippen LogP contribution is -2.35. The molecule has 3 nitrogen and oxygen atoms in total. The van der Waals surface area contributed by atoms with E-state index < -0.39 is 0 Å². The summed E-state index contributed by atoms with van der Waals surface area (Å²) in [7, 11) is 1.55. The Labute approximate surface area is 149 Å². The summed E-state index contributed by atoms with van der Waals surface area (Å²) >= 11 is 0. The van der Waals surface area contributed by atoms with Gasteiger partial charge in [-0.25, -0.2) is 4.39 Å². The molecule has 0 aliphatic carbocycles. The van der Waals surface area contributed by atoms with E-state index in [1.807, 2.05) is 0 Å². The summed E-state index contributed by atoms with van der Waals surface area (Å²) < 4.78 is 13.1. The minimum absolute atomic E-state index is 0.234. The van der Waals surface area contributed by atoms with Crippen molar-refractivity contribution < 1.29 is 9.23 Å². The quantitative estimate of drug-likeness (QED) is 0.573. The largest absolute Gasteiger partial charge is 0.399 e. The maximum Gasteiger partial charge on any atom is 0.123 e. The molecular weight excluding hydrogens is 315 g/mol. The van der Waals surface area contributed by atoms with Crippen molar-refractivity contribution in [2.45, 2.75) is 25.2 Å². The maximum atomic E-state index is 13.1. The highest BCUT2D eigenvalue weighted by Crippen LogP contribution is 2.26. The molecule has 0 saturated carbocycles. The first kappa shape index (κ1) is 17.6. The van der Waals surface area contributed by atoms with Gasteiger partial charge in [-0.1, -0.05) is 47.6 Å². The molecule has 1 unspecified atom stereocenters. The average molecular weight is 340 g/mol. The van der Waals surface area contributed by atoms with Gasteiger partial charge in [0.25, 0.3) is 0 Å². The van der Waals surface area contributed by atoms with Crippen molar-refractivity contribution in [3.8, 4) is 0 Å². The smallest absolute Gasteiger partial charge is 0.123 e. The number of piperidine rings is 1. The second-order valence-corrected chi connectivity index (χ2v) is 6.53. The topological polar surface area (TPSA) is 24.8 Å². The first-order valence-corrected chi connectivity index (χ1v) is 8.89. The molecule has 1 saturated heterocycles. The number of rotatable bonds is 6. The normalized spacial score (nSPS) is 19.0. The van der Waals surface area contributed by atoms with Crippen molar-refractivity contribution >= 4 is 5.71 Å². The first-order chi connectivity index (χ1) is 12.3. The summed E-state index contributed by atoms with van der Waals surface area (Å²) in [5.41, 5.74) is 3.21. The van der Waals surface area contributed by atoms with Crippen LogP contribution in [0.5, 0.6) is 0 Å². The molecule has 0 spiro atoms. The lowest BCUT2D eigenvalue weighted by molar-refractivity contribution is 0.204. The van der Waals surface area contributed by atoms with Crippen LogP contribution in [-0.2, 0) is 4.84 Å². The highest BCUT2D eigenvalue weighted by Gasteiger charge is 2.21. The van der Waals surface area contributed by atoms with Gasteiger partial charge in [0.1, 0.15) is 12.9 Å². The molecule has 4 heteroatoms. The zero-order valence-corrected chi connectivity index (χ0v) is 14.7. The molecule has 132 valence electrons. The molecule has 2 aromatic carbocycles. The van der Waals surface area contributed by atoms with Crippen molar-refractivity contribution in [3.63, 3.8) is 0 Å². The lowest BCUT2D eigenvalue weighted by Gasteiger charge is -2.33. The van der Waals surface area contributed by atoms with Crippen molar-refractivity contribution in [3.05, 3.63) is 71.5 Å². The molecule has 1 heterocycles. The molecule has 1 aliphatic heterocycles. The summed E-state index contributed by atoms with van der Waals surface area (Å²) in [5, 5.41) is 4.15. The zero-order valence-electron chi connectivity index (χ0n) is 14.7. The fraction of sp³-hybridized carbons (Fsp3) is 0.381. The molecule has 0 amide bonds. The third-order valence-electron chi connectivity index (χ3n) is 4.82. The van der Waals surface area contributed by atoms with E-state index in [4.69, 9.17) is 4.84 Å². The molecule has 0 bridgehead atoms. The molecule has 25 heavy (non-hydrogen) atoms. The molecule has 1 aliphatic rings. The van der Waals surface area contributed by atoms with Crippen molar-refractivity contribution in [1.82, 2.24) is 4.90 Å². The molecule has 1 atom stereocenters. The van der Waals surface area contributed by atoms with Gasteiger partial charge in [0.15, 0.2) is 0 Å². The number of hydrogen-bond donors (Lipinski definition) is 0. The minimum Gasteiger partial charge on any atom is -0.399 e. The van der Waals surface area contributed by atoms with Gasteiger partial charge in [0.2, 0.25) is 0 Å². The van der Waals surface area contributed by atoms with E-state index in [0.29, 0.717) is 5.92 Å². The van der Waals surface area contributed by atoms with Gasteiger partial charge >= 0.3 is 0 Å². The fourth-order valence-corrected chi connectivity index (χ4v) is 3.52. The highest BCUT2D eigenvalue weighted by atomic mass is 19.1. The Bertz CT molecular complexity index is 685. The fourth-order valence-electron chi connectivity index (χ4n) is 3.52. The van der Waals surface area contributed by atoms with Crippen molar-refractivity contribution in [2.24, 2.45) is 5.16 Å². The summed E-state index contributed by atoms with van der Waals surface area (Å²) in [6.07, 6.45) is 3.26. The van der Waals surface area contributed by atoms with Crippen LogP contribution in [-0.4, -0.2) is 37.4 Å². The predicted octanol–water partition coefficient (Wildman–Crippen LogP) is 4.45. The van der Waals surface area contributed by atoms with Crippen molar-refractivity contribution in [1.29, 1.82) is 0 Å². The van der Waals surface area contributed by atoms with Crippen LogP contribution >= 0.6 is 0 Å². The second-order valence-electron chi connectivity index (χ2n) is 6.53. The Hall–Kier alpha value is -2.20. The van der Waals surface area contributed by atoms with Gasteiger partial charge in [0.05, 0.1) is 5.71 Å². The molecular formula is C21H25FN2O. The van der Waals surface area contributed by atoms with Crippen molar-refractivity contribution in [2.75, 3.05) is 26.7 Å². The van der Waals surface area contributed by atoms with Gasteiger partial charge in [0, 0.05) is 19.5 Å². The van der Waals surface area contributed by atoms with Crippen LogP contribution in [0.3, 0.4) is 0 Å². The summed E-state index contributed by atoms with van der Waals surface area (Å²) in [5.74, 6) is 0.367. The van der Waals surface area contributed by atoms with E-state index in [-0.39, 0.29) is 5.82 Å². The molecule has 0 radical (unpaired) electrons. The van der Waals surface area contributed by atoms with Crippen LogP contribution in [0, 0.1) is 5.82 Å². The van der Waals surface area contributed by atoms with Gasteiger partial charge in [-0.3, -0.25) is 0 Å². The maximum absolute atomic E-state index is 13.1. The Morgan fingerprint density at radius 1 is 1.16 bits per heavy atom. The first-order valence-electron chi connectivity index (χ1n) is 8.89. The van der Waals surface area contributed by atoms with E-state index in [2.05, 4.69) is 40.4 Å². The van der Waals surface area contributed by atoms with Crippen LogP contribution in [0.2, 0.25) is 0 Å². The number of hydrogen-bond acceptors (Lipinski definition) is 3. The molecule has 0 N–H and O–H groups in total. The lowest BCUT2D eigenvalue weighted by atomic mass is 9.90. The van der Waals surface area contributed by atoms with Gasteiger partial charge in [-0.05, 0) is 48.6 Å². The Morgan fingerprint density at radius 2 is 1.92 bits per heavy atom. The Balaban J connectivity index is 1.61. The molecule has 3 rings (SSSR count). The molecule has 1 fully saturated rings. The van der Waals surface area contributed by atoms with E-state index in [9.17, 15) is 4.39 Å². The number of oxime groups is 1. The highest BCUT2D eigenvalue weighted by molar-refractivity contribution is 6.00. The van der Waals surface area contributed by atoms with Gasteiger partial charge in [-0.2, -0.15) is 0 Å². The number of benzene rings is 2. The average Bonchev–Trinajstić information content (AvgIpc) is 2.67. The monoisotopic (exact) mass is 340 g/mol. The molecule has 2 aromatic rings.